The van der Waals surface area contributed by atoms with Crippen LogP contribution in [0.3, 0.4) is 0 Å². The number of nitrogens with two attached hydrogens (primary N) is 1. The minimum Gasteiger partial charge on any atom is -0.339 e. The molecular formula is C6H10ClN3O. The van der Waals surface area contributed by atoms with E-state index in [1.165, 1.54) is 6.33 Å². The van der Waals surface area contributed by atoms with Gasteiger partial charge in [-0.05, 0) is 12.8 Å². The molecule has 2 rings (SSSR count). The summed E-state index contributed by atoms with van der Waals surface area (Å²) in [5.74, 6) is 0.704. The molecule has 2 N–H and O–H groups in total. The SMILES string of the molecule is Cl.NCC1(c2ncno2)CC1. The summed E-state index contributed by atoms with van der Waals surface area (Å²) in [7, 11) is 0. The van der Waals surface area contributed by atoms with Crippen molar-refractivity contribution < 1.29 is 4.52 Å². The van der Waals surface area contributed by atoms with E-state index in [2.05, 4.69) is 10.1 Å². The fourth-order valence-corrected chi connectivity index (χ4v) is 1.06. The summed E-state index contributed by atoms with van der Waals surface area (Å²) in [5.41, 5.74) is 5.58. The van der Waals surface area contributed by atoms with Crippen LogP contribution in [-0.2, 0) is 5.41 Å². The zero-order valence-electron chi connectivity index (χ0n) is 5.99. The van der Waals surface area contributed by atoms with Gasteiger partial charge in [0.2, 0.25) is 5.89 Å². The van der Waals surface area contributed by atoms with Crippen molar-refractivity contribution in [2.45, 2.75) is 18.3 Å². The quantitative estimate of drug-likeness (QED) is 0.710. The summed E-state index contributed by atoms with van der Waals surface area (Å²) in [6, 6.07) is 0. The van der Waals surface area contributed by atoms with E-state index in [0.29, 0.717) is 12.4 Å². The zero-order chi connectivity index (χ0) is 7.03. The van der Waals surface area contributed by atoms with Crippen LogP contribution in [0.1, 0.15) is 18.7 Å². The predicted octanol–water partition coefficient (Wildman–Crippen LogP) is 0.482. The van der Waals surface area contributed by atoms with Gasteiger partial charge >= 0.3 is 0 Å². The van der Waals surface area contributed by atoms with E-state index < -0.39 is 0 Å². The second kappa shape index (κ2) is 2.79. The van der Waals surface area contributed by atoms with E-state index >= 15 is 0 Å². The Morgan fingerprint density at radius 3 is 2.73 bits per heavy atom. The molecule has 1 fully saturated rings. The fourth-order valence-electron chi connectivity index (χ4n) is 1.06. The second-order valence-corrected chi connectivity index (χ2v) is 2.73. The molecule has 62 valence electrons. The highest BCUT2D eigenvalue weighted by Crippen LogP contribution is 2.45. The van der Waals surface area contributed by atoms with Crippen molar-refractivity contribution in [1.82, 2.24) is 10.1 Å². The van der Waals surface area contributed by atoms with Crippen molar-refractivity contribution in [2.75, 3.05) is 6.54 Å². The third-order valence-corrected chi connectivity index (χ3v) is 2.06. The van der Waals surface area contributed by atoms with Crippen molar-refractivity contribution in [3.63, 3.8) is 0 Å². The third-order valence-electron chi connectivity index (χ3n) is 2.06. The van der Waals surface area contributed by atoms with Gasteiger partial charge < -0.3 is 10.3 Å². The highest BCUT2D eigenvalue weighted by molar-refractivity contribution is 5.85. The molecule has 0 amide bonds. The average Bonchev–Trinajstić information content (AvgIpc) is 2.58. The Balaban J connectivity index is 0.000000605. The maximum absolute atomic E-state index is 5.53. The molecule has 0 aromatic carbocycles. The Morgan fingerprint density at radius 2 is 2.36 bits per heavy atom. The Hall–Kier alpha value is -0.610. The van der Waals surface area contributed by atoms with Crippen molar-refractivity contribution in [3.8, 4) is 0 Å². The smallest absolute Gasteiger partial charge is 0.233 e. The predicted molar refractivity (Wildman–Crippen MR) is 41.5 cm³/mol. The number of hydrogen-bond donors (Lipinski definition) is 1. The van der Waals surface area contributed by atoms with Gasteiger partial charge in [0.1, 0.15) is 0 Å². The molecule has 4 nitrogen and oxygen atoms in total. The number of halogens is 1. The molecule has 0 bridgehead atoms. The molecule has 0 spiro atoms. The monoisotopic (exact) mass is 175 g/mol. The van der Waals surface area contributed by atoms with Gasteiger partial charge in [-0.15, -0.1) is 12.4 Å². The van der Waals surface area contributed by atoms with Crippen molar-refractivity contribution in [3.05, 3.63) is 12.2 Å². The van der Waals surface area contributed by atoms with Crippen LogP contribution < -0.4 is 5.73 Å². The van der Waals surface area contributed by atoms with E-state index in [9.17, 15) is 0 Å². The molecule has 0 aliphatic heterocycles. The molecule has 1 aliphatic carbocycles. The topological polar surface area (TPSA) is 64.9 Å². The molecule has 5 heteroatoms. The molecule has 0 unspecified atom stereocenters. The van der Waals surface area contributed by atoms with Crippen molar-refractivity contribution >= 4 is 12.4 Å². The molecule has 0 atom stereocenters. The molecule has 11 heavy (non-hydrogen) atoms. The minimum atomic E-state index is 0. The van der Waals surface area contributed by atoms with Crippen molar-refractivity contribution in [2.24, 2.45) is 5.73 Å². The van der Waals surface area contributed by atoms with E-state index in [1.807, 2.05) is 0 Å². The molecule has 0 saturated heterocycles. The molecule has 1 aromatic heterocycles. The van der Waals surface area contributed by atoms with Crippen LogP contribution in [0.25, 0.3) is 0 Å². The maximum Gasteiger partial charge on any atom is 0.233 e. The van der Waals surface area contributed by atoms with Crippen LogP contribution in [0.4, 0.5) is 0 Å². The average molecular weight is 176 g/mol. The molecule has 0 radical (unpaired) electrons. The van der Waals surface area contributed by atoms with Gasteiger partial charge in [-0.3, -0.25) is 0 Å². The van der Waals surface area contributed by atoms with Crippen LogP contribution in [0.2, 0.25) is 0 Å². The van der Waals surface area contributed by atoms with Crippen LogP contribution in [0, 0.1) is 0 Å². The third kappa shape index (κ3) is 1.23. The van der Waals surface area contributed by atoms with Gasteiger partial charge in [0, 0.05) is 6.54 Å². The first kappa shape index (κ1) is 8.49. The van der Waals surface area contributed by atoms with Gasteiger partial charge in [0.15, 0.2) is 6.33 Å². The molecule has 1 heterocycles. The molecule has 1 saturated carbocycles. The lowest BCUT2D eigenvalue weighted by molar-refractivity contribution is 0.346. The Labute approximate surface area is 70.6 Å². The van der Waals surface area contributed by atoms with Gasteiger partial charge in [0.25, 0.3) is 0 Å². The first-order valence-electron chi connectivity index (χ1n) is 3.35. The second-order valence-electron chi connectivity index (χ2n) is 2.73. The Kier molecular flexibility index (Phi) is 2.15. The lowest BCUT2D eigenvalue weighted by atomic mass is 10.1. The van der Waals surface area contributed by atoms with E-state index in [1.54, 1.807) is 0 Å². The molecule has 1 aliphatic rings. The zero-order valence-corrected chi connectivity index (χ0v) is 6.80. The highest BCUT2D eigenvalue weighted by atomic mass is 35.5. The van der Waals surface area contributed by atoms with E-state index in [0.717, 1.165) is 12.8 Å². The van der Waals surface area contributed by atoms with Crippen LogP contribution >= 0.6 is 12.4 Å². The number of hydrogen-bond acceptors (Lipinski definition) is 4. The molecular weight excluding hydrogens is 166 g/mol. The maximum atomic E-state index is 5.53. The summed E-state index contributed by atoms with van der Waals surface area (Å²) in [5, 5.41) is 3.53. The summed E-state index contributed by atoms with van der Waals surface area (Å²) in [6.45, 7) is 0.620. The van der Waals surface area contributed by atoms with Crippen LogP contribution in [0.15, 0.2) is 10.9 Å². The summed E-state index contributed by atoms with van der Waals surface area (Å²) >= 11 is 0. The van der Waals surface area contributed by atoms with Gasteiger partial charge in [-0.25, -0.2) is 0 Å². The van der Waals surface area contributed by atoms with Gasteiger partial charge in [-0.2, -0.15) is 4.98 Å². The van der Waals surface area contributed by atoms with Crippen LogP contribution in [0.5, 0.6) is 0 Å². The Bertz CT molecular complexity index is 220. The van der Waals surface area contributed by atoms with Crippen LogP contribution in [-0.4, -0.2) is 16.7 Å². The number of aromatic nitrogens is 2. The van der Waals surface area contributed by atoms with E-state index in [4.69, 9.17) is 10.3 Å². The summed E-state index contributed by atoms with van der Waals surface area (Å²) in [6.07, 6.45) is 3.60. The normalized spacial score (nSPS) is 19.0. The van der Waals surface area contributed by atoms with Gasteiger partial charge in [0.05, 0.1) is 5.41 Å². The summed E-state index contributed by atoms with van der Waals surface area (Å²) in [4.78, 5) is 3.96. The number of nitrogens with zero attached hydrogens (tertiary/aromatic N) is 2. The Morgan fingerprint density at radius 1 is 1.64 bits per heavy atom. The first-order chi connectivity index (χ1) is 4.87. The number of rotatable bonds is 2. The minimum absolute atomic E-state index is 0. The van der Waals surface area contributed by atoms with E-state index in [-0.39, 0.29) is 17.8 Å². The molecule has 1 aromatic rings. The van der Waals surface area contributed by atoms with Crippen molar-refractivity contribution in [1.29, 1.82) is 0 Å². The standard InChI is InChI=1S/C6H9N3O.ClH/c7-3-6(1-2-6)5-8-4-9-10-5;/h4H,1-3,7H2;1H. The fraction of sp³-hybridized carbons (Fsp3) is 0.667. The lowest BCUT2D eigenvalue weighted by Gasteiger charge is -2.02. The lowest BCUT2D eigenvalue weighted by Crippen LogP contribution is -2.19. The highest BCUT2D eigenvalue weighted by Gasteiger charge is 2.47. The summed E-state index contributed by atoms with van der Waals surface area (Å²) < 4.78 is 4.91. The largest absolute Gasteiger partial charge is 0.339 e. The first-order valence-corrected chi connectivity index (χ1v) is 3.35. The van der Waals surface area contributed by atoms with Gasteiger partial charge in [-0.1, -0.05) is 5.16 Å².